The summed E-state index contributed by atoms with van der Waals surface area (Å²) in [6.07, 6.45) is 1.83. The average molecular weight is 232 g/mol. The molecule has 1 saturated heterocycles. The molecule has 0 aromatic rings. The molecule has 1 unspecified atom stereocenters. The van der Waals surface area contributed by atoms with Gasteiger partial charge in [0.05, 0.1) is 25.6 Å². The van der Waals surface area contributed by atoms with E-state index in [0.29, 0.717) is 6.42 Å². The van der Waals surface area contributed by atoms with Crippen molar-refractivity contribution in [2.45, 2.75) is 26.7 Å². The number of carboxylic acid groups (broad SMARTS) is 2. The minimum Gasteiger partial charge on any atom is -0.481 e. The summed E-state index contributed by atoms with van der Waals surface area (Å²) in [5.41, 5.74) is 0. The molecule has 1 rings (SSSR count). The van der Waals surface area contributed by atoms with Gasteiger partial charge in [-0.1, -0.05) is 13.0 Å². The molecule has 94 valence electrons. The number of aliphatic carboxylic acids is 2. The molecule has 1 atom stereocenters. The maximum absolute atomic E-state index is 10.2. The third-order valence-electron chi connectivity index (χ3n) is 1.47. The summed E-state index contributed by atoms with van der Waals surface area (Å²) < 4.78 is 4.50. The van der Waals surface area contributed by atoms with Crippen molar-refractivity contribution < 1.29 is 24.5 Å². The molecule has 1 aliphatic heterocycles. The highest BCUT2D eigenvalue weighted by Crippen LogP contribution is 2.07. The lowest BCUT2D eigenvalue weighted by molar-refractivity contribution is -0.148. The van der Waals surface area contributed by atoms with Gasteiger partial charge in [-0.15, -0.1) is 6.58 Å². The van der Waals surface area contributed by atoms with Gasteiger partial charge in [-0.2, -0.15) is 0 Å². The predicted octanol–water partition coefficient (Wildman–Crippen LogP) is 1.78. The van der Waals surface area contributed by atoms with Gasteiger partial charge in [0.15, 0.2) is 0 Å². The Balaban J connectivity index is 0. The summed E-state index contributed by atoms with van der Waals surface area (Å²) >= 11 is 0. The Hall–Kier alpha value is -1.36. The lowest BCUT2D eigenvalue weighted by atomic mass is 10.0. The molecule has 5 heteroatoms. The summed E-state index contributed by atoms with van der Waals surface area (Å²) in [6.45, 7) is 8.90. The molecule has 1 fully saturated rings. The molecule has 0 spiro atoms. The van der Waals surface area contributed by atoms with Crippen molar-refractivity contribution in [2.24, 2.45) is 5.92 Å². The fourth-order valence-electron chi connectivity index (χ4n) is 0.617. The van der Waals surface area contributed by atoms with Gasteiger partial charge >= 0.3 is 11.9 Å². The first-order valence-corrected chi connectivity index (χ1v) is 5.08. The summed E-state index contributed by atoms with van der Waals surface area (Å²) in [6, 6.07) is 0. The second-order valence-electron chi connectivity index (χ2n) is 3.06. The van der Waals surface area contributed by atoms with Gasteiger partial charge in [0.1, 0.15) is 0 Å². The van der Waals surface area contributed by atoms with E-state index in [-0.39, 0.29) is 6.42 Å². The van der Waals surface area contributed by atoms with Crippen LogP contribution >= 0.6 is 0 Å². The standard InChI is InChI=1S/C6H10O4.C3H6.C2H4O/c1-2-4(6(9)10)3-5(7)8;1-3-2;1-2-3-1/h4H,2-3H2,1H3,(H,7,8)(H,9,10);3H,1H2,2H3;1-2H2. The van der Waals surface area contributed by atoms with E-state index in [9.17, 15) is 9.59 Å². The van der Waals surface area contributed by atoms with Crippen LogP contribution in [0.25, 0.3) is 0 Å². The summed E-state index contributed by atoms with van der Waals surface area (Å²) in [5.74, 6) is -2.84. The van der Waals surface area contributed by atoms with Crippen molar-refractivity contribution in [3.05, 3.63) is 12.7 Å². The molecular formula is C11H20O5. The number of rotatable bonds is 4. The van der Waals surface area contributed by atoms with Crippen LogP contribution in [0.1, 0.15) is 26.7 Å². The third-order valence-corrected chi connectivity index (χ3v) is 1.47. The van der Waals surface area contributed by atoms with E-state index in [2.05, 4.69) is 11.3 Å². The molecular weight excluding hydrogens is 212 g/mol. The summed E-state index contributed by atoms with van der Waals surface area (Å²) in [5, 5.41) is 16.6. The Kier molecular flexibility index (Phi) is 12.5. The molecule has 5 nitrogen and oxygen atoms in total. The van der Waals surface area contributed by atoms with E-state index < -0.39 is 17.9 Å². The zero-order valence-electron chi connectivity index (χ0n) is 9.81. The van der Waals surface area contributed by atoms with Crippen molar-refractivity contribution in [1.29, 1.82) is 0 Å². The lowest BCUT2D eigenvalue weighted by Gasteiger charge is -2.03. The number of epoxide rings is 1. The van der Waals surface area contributed by atoms with Gasteiger partial charge in [0.2, 0.25) is 0 Å². The topological polar surface area (TPSA) is 87.1 Å². The van der Waals surface area contributed by atoms with Crippen LogP contribution in [0.3, 0.4) is 0 Å². The van der Waals surface area contributed by atoms with Crippen LogP contribution in [0, 0.1) is 5.92 Å². The van der Waals surface area contributed by atoms with E-state index in [0.717, 1.165) is 13.2 Å². The van der Waals surface area contributed by atoms with E-state index >= 15 is 0 Å². The zero-order valence-corrected chi connectivity index (χ0v) is 9.81. The highest BCUT2D eigenvalue weighted by Gasteiger charge is 2.17. The van der Waals surface area contributed by atoms with E-state index in [4.69, 9.17) is 10.2 Å². The molecule has 16 heavy (non-hydrogen) atoms. The average Bonchev–Trinajstić information content (AvgIpc) is 3.01. The first-order chi connectivity index (χ1) is 7.49. The van der Waals surface area contributed by atoms with Crippen LogP contribution in [-0.2, 0) is 14.3 Å². The minimum atomic E-state index is -1.06. The number of hydrogen-bond acceptors (Lipinski definition) is 3. The lowest BCUT2D eigenvalue weighted by Crippen LogP contribution is -2.16. The molecule has 0 aromatic carbocycles. The Bertz CT molecular complexity index is 208. The van der Waals surface area contributed by atoms with Gasteiger partial charge in [-0.3, -0.25) is 9.59 Å². The zero-order chi connectivity index (χ0) is 13.0. The number of carbonyl (C=O) groups is 2. The number of allylic oxidation sites excluding steroid dienone is 1. The predicted molar refractivity (Wildman–Crippen MR) is 60.4 cm³/mol. The van der Waals surface area contributed by atoms with E-state index in [1.54, 1.807) is 13.0 Å². The van der Waals surface area contributed by atoms with Crippen molar-refractivity contribution in [3.63, 3.8) is 0 Å². The Morgan fingerprint density at radius 2 is 1.81 bits per heavy atom. The second kappa shape index (κ2) is 11.7. The molecule has 2 N–H and O–H groups in total. The Morgan fingerprint density at radius 1 is 1.44 bits per heavy atom. The fraction of sp³-hybridized carbons (Fsp3) is 0.636. The monoisotopic (exact) mass is 232 g/mol. The smallest absolute Gasteiger partial charge is 0.307 e. The number of hydrogen-bond donors (Lipinski definition) is 2. The number of carboxylic acids is 2. The van der Waals surface area contributed by atoms with Gasteiger partial charge in [0.25, 0.3) is 0 Å². The number of ether oxygens (including phenoxy) is 1. The van der Waals surface area contributed by atoms with Crippen molar-refractivity contribution in [1.82, 2.24) is 0 Å². The molecule has 1 aliphatic rings. The quantitative estimate of drug-likeness (QED) is 0.570. The van der Waals surface area contributed by atoms with Crippen molar-refractivity contribution in [3.8, 4) is 0 Å². The largest absolute Gasteiger partial charge is 0.481 e. The summed E-state index contributed by atoms with van der Waals surface area (Å²) in [4.78, 5) is 20.2. The Morgan fingerprint density at radius 3 is 1.88 bits per heavy atom. The van der Waals surface area contributed by atoms with Gasteiger partial charge in [0, 0.05) is 0 Å². The SMILES string of the molecule is C1CO1.C=CC.CCC(CC(=O)O)C(=O)O. The van der Waals surface area contributed by atoms with Crippen molar-refractivity contribution >= 4 is 11.9 Å². The maximum Gasteiger partial charge on any atom is 0.307 e. The molecule has 0 saturated carbocycles. The first kappa shape index (κ1) is 17.0. The van der Waals surface area contributed by atoms with Crippen LogP contribution in [0.15, 0.2) is 12.7 Å². The van der Waals surface area contributed by atoms with Gasteiger partial charge in [-0.25, -0.2) is 0 Å². The van der Waals surface area contributed by atoms with Crippen LogP contribution in [0.4, 0.5) is 0 Å². The first-order valence-electron chi connectivity index (χ1n) is 5.08. The molecule has 0 bridgehead atoms. The Labute approximate surface area is 95.7 Å². The highest BCUT2D eigenvalue weighted by molar-refractivity contribution is 5.77. The minimum absolute atomic E-state index is 0.286. The van der Waals surface area contributed by atoms with Crippen LogP contribution in [0.5, 0.6) is 0 Å². The molecule has 0 amide bonds. The fourth-order valence-corrected chi connectivity index (χ4v) is 0.617. The van der Waals surface area contributed by atoms with Crippen LogP contribution in [0.2, 0.25) is 0 Å². The normalized spacial score (nSPS) is 13.1. The van der Waals surface area contributed by atoms with E-state index in [1.807, 2.05) is 6.92 Å². The van der Waals surface area contributed by atoms with Gasteiger partial charge < -0.3 is 14.9 Å². The van der Waals surface area contributed by atoms with Gasteiger partial charge in [-0.05, 0) is 13.3 Å². The maximum atomic E-state index is 10.2. The highest BCUT2D eigenvalue weighted by atomic mass is 16.6. The third kappa shape index (κ3) is 18.4. The summed E-state index contributed by atoms with van der Waals surface area (Å²) in [7, 11) is 0. The molecule has 1 heterocycles. The molecule has 0 aromatic heterocycles. The van der Waals surface area contributed by atoms with Crippen LogP contribution < -0.4 is 0 Å². The van der Waals surface area contributed by atoms with Crippen LogP contribution in [-0.4, -0.2) is 35.4 Å². The van der Waals surface area contributed by atoms with Crippen molar-refractivity contribution in [2.75, 3.05) is 13.2 Å². The second-order valence-corrected chi connectivity index (χ2v) is 3.06. The van der Waals surface area contributed by atoms with E-state index in [1.165, 1.54) is 0 Å². The molecule has 0 aliphatic carbocycles. The molecule has 0 radical (unpaired) electrons.